The third kappa shape index (κ3) is 6.39. The minimum Gasteiger partial charge on any atom is -0.481 e. The second-order valence-electron chi connectivity index (χ2n) is 3.29. The summed E-state index contributed by atoms with van der Waals surface area (Å²) in [5.74, 6) is -2.18. The van der Waals surface area contributed by atoms with Gasteiger partial charge in [0.1, 0.15) is 5.82 Å². The quantitative estimate of drug-likeness (QED) is 0.659. The lowest BCUT2D eigenvalue weighted by Crippen LogP contribution is -2.15. The Morgan fingerprint density at radius 3 is 2.37 bits per heavy atom. The van der Waals surface area contributed by atoms with E-state index in [2.05, 4.69) is 5.32 Å². The van der Waals surface area contributed by atoms with Gasteiger partial charge < -0.3 is 10.4 Å². The van der Waals surface area contributed by atoms with Gasteiger partial charge in [0, 0.05) is 19.0 Å². The van der Waals surface area contributed by atoms with E-state index in [4.69, 9.17) is 9.90 Å². The molecule has 0 radical (unpaired) electrons. The lowest BCUT2D eigenvalue weighted by Gasteiger charge is -2.10. The fraction of sp³-hybridized carbons (Fsp3) is 0.273. The number of carbonyl (C=O) groups excluding carboxylic acids is 1. The molecule has 4 nitrogen and oxygen atoms in total. The summed E-state index contributed by atoms with van der Waals surface area (Å²) in [4.78, 5) is 18.9. The Balaban J connectivity index is 0.000000711. The Kier molecular flexibility index (Phi) is 6.53. The Morgan fingerprint density at radius 2 is 1.95 bits per heavy atom. The second kappa shape index (κ2) is 7.34. The number of amides is 1. The molecule has 0 aliphatic carbocycles. The van der Waals surface area contributed by atoms with Crippen molar-refractivity contribution in [3.05, 3.63) is 35.1 Å². The van der Waals surface area contributed by atoms with Crippen molar-refractivity contribution < 1.29 is 32.3 Å². The first-order valence-corrected chi connectivity index (χ1v) is 4.91. The molecule has 1 aromatic carbocycles. The van der Waals surface area contributed by atoms with Crippen LogP contribution >= 0.6 is 0 Å². The molecule has 1 rings (SSSR count). The van der Waals surface area contributed by atoms with E-state index in [9.17, 15) is 22.4 Å². The maximum Gasteiger partial charge on any atom is 0.419 e. The maximum atomic E-state index is 13.2. The summed E-state index contributed by atoms with van der Waals surface area (Å²) in [7, 11) is 0. The monoisotopic (exact) mass is 281 g/mol. The second-order valence-corrected chi connectivity index (χ2v) is 3.29. The van der Waals surface area contributed by atoms with Crippen LogP contribution in [0.15, 0.2) is 18.2 Å². The number of benzene rings is 1. The van der Waals surface area contributed by atoms with Crippen molar-refractivity contribution in [2.75, 3.05) is 0 Å². The fourth-order valence-electron chi connectivity index (χ4n) is 1.09. The molecular formula is C11H11F4NO3. The molecule has 0 fully saturated rings. The molecule has 2 N–H and O–H groups in total. The summed E-state index contributed by atoms with van der Waals surface area (Å²) in [5.41, 5.74) is -1.52. The van der Waals surface area contributed by atoms with Crippen LogP contribution in [0.1, 0.15) is 18.1 Å². The van der Waals surface area contributed by atoms with E-state index < -0.39 is 23.5 Å². The molecule has 0 aliphatic heterocycles. The molecular weight excluding hydrogens is 270 g/mol. The molecule has 8 heteroatoms. The van der Waals surface area contributed by atoms with Crippen LogP contribution in [0, 0.1) is 5.82 Å². The highest BCUT2D eigenvalue weighted by atomic mass is 19.4. The Morgan fingerprint density at radius 1 is 1.42 bits per heavy atom. The summed E-state index contributed by atoms with van der Waals surface area (Å²) < 4.78 is 49.9. The number of rotatable bonds is 3. The van der Waals surface area contributed by atoms with Gasteiger partial charge in [-0.1, -0.05) is 12.1 Å². The van der Waals surface area contributed by atoms with Gasteiger partial charge in [0.25, 0.3) is 5.97 Å². The number of carboxylic acids is 1. The van der Waals surface area contributed by atoms with Crippen LogP contribution in [0.5, 0.6) is 0 Å². The predicted molar refractivity (Wildman–Crippen MR) is 57.6 cm³/mol. The molecule has 0 atom stereocenters. The number of nitrogens with one attached hydrogen (secondary N) is 1. The summed E-state index contributed by atoms with van der Waals surface area (Å²) >= 11 is 0. The number of carbonyl (C=O) groups is 2. The maximum absolute atomic E-state index is 13.2. The molecule has 1 amide bonds. The van der Waals surface area contributed by atoms with Crippen molar-refractivity contribution >= 4 is 12.4 Å². The van der Waals surface area contributed by atoms with Crippen LogP contribution in [-0.2, 0) is 22.3 Å². The highest BCUT2D eigenvalue weighted by Crippen LogP contribution is 2.32. The van der Waals surface area contributed by atoms with E-state index in [-0.39, 0.29) is 12.1 Å². The van der Waals surface area contributed by atoms with Crippen LogP contribution in [0.25, 0.3) is 0 Å². The highest BCUT2D eigenvalue weighted by molar-refractivity contribution is 5.62. The zero-order chi connectivity index (χ0) is 15.1. The zero-order valence-electron chi connectivity index (χ0n) is 9.79. The first kappa shape index (κ1) is 16.9. The lowest BCUT2D eigenvalue weighted by atomic mass is 10.1. The summed E-state index contributed by atoms with van der Waals surface area (Å²) in [6, 6.07) is 2.93. The average molecular weight is 281 g/mol. The highest BCUT2D eigenvalue weighted by Gasteiger charge is 2.34. The topological polar surface area (TPSA) is 66.4 Å². The van der Waals surface area contributed by atoms with Gasteiger partial charge >= 0.3 is 6.18 Å². The number of hydrogen-bond donors (Lipinski definition) is 2. The summed E-state index contributed by atoms with van der Waals surface area (Å²) in [5, 5.41) is 9.51. The molecule has 0 heterocycles. The average Bonchev–Trinajstić information content (AvgIpc) is 2.25. The van der Waals surface area contributed by atoms with E-state index in [1.165, 1.54) is 6.07 Å². The Bertz CT molecular complexity index is 442. The van der Waals surface area contributed by atoms with Crippen LogP contribution in [0.3, 0.4) is 0 Å². The molecule has 0 spiro atoms. The van der Waals surface area contributed by atoms with E-state index in [0.717, 1.165) is 13.0 Å². The van der Waals surface area contributed by atoms with Crippen LogP contribution in [0.2, 0.25) is 0 Å². The van der Waals surface area contributed by atoms with Crippen LogP contribution < -0.4 is 5.32 Å². The molecule has 0 saturated carbocycles. The SMILES string of the molecule is CC(=O)O.O=CNCc1cccc(C(F)(F)F)c1F. The van der Waals surface area contributed by atoms with Crippen LogP contribution in [0.4, 0.5) is 17.6 Å². The summed E-state index contributed by atoms with van der Waals surface area (Å²) in [6.07, 6.45) is -4.43. The van der Waals surface area contributed by atoms with Crippen molar-refractivity contribution in [2.24, 2.45) is 0 Å². The molecule has 0 aromatic heterocycles. The number of halogens is 4. The fourth-order valence-corrected chi connectivity index (χ4v) is 1.09. The van der Waals surface area contributed by atoms with Crippen molar-refractivity contribution in [3.63, 3.8) is 0 Å². The van der Waals surface area contributed by atoms with Gasteiger partial charge in [-0.2, -0.15) is 13.2 Å². The standard InChI is InChI=1S/C9H7F4NO.C2H4O2/c10-8-6(4-14-5-15)2-1-3-7(8)9(11,12)13;1-2(3)4/h1-3,5H,4H2,(H,14,15);1H3,(H,3,4). The van der Waals surface area contributed by atoms with E-state index in [0.29, 0.717) is 12.5 Å². The number of alkyl halides is 3. The molecule has 0 saturated heterocycles. The third-order valence-corrected chi connectivity index (χ3v) is 1.76. The first-order chi connectivity index (χ1) is 8.70. The van der Waals surface area contributed by atoms with Crippen molar-refractivity contribution in [1.29, 1.82) is 0 Å². The molecule has 1 aromatic rings. The number of hydrogen-bond acceptors (Lipinski definition) is 2. The molecule has 106 valence electrons. The Labute approximate surface area is 106 Å². The normalized spacial score (nSPS) is 10.2. The van der Waals surface area contributed by atoms with Crippen molar-refractivity contribution in [2.45, 2.75) is 19.6 Å². The minimum absolute atomic E-state index is 0.197. The van der Waals surface area contributed by atoms with Crippen molar-refractivity contribution in [3.8, 4) is 0 Å². The van der Waals surface area contributed by atoms with Gasteiger partial charge in [-0.15, -0.1) is 0 Å². The molecule has 0 bridgehead atoms. The smallest absolute Gasteiger partial charge is 0.419 e. The molecule has 0 unspecified atom stereocenters. The van der Waals surface area contributed by atoms with Gasteiger partial charge in [0.05, 0.1) is 5.56 Å². The summed E-state index contributed by atoms with van der Waals surface area (Å²) in [6.45, 7) is 0.819. The van der Waals surface area contributed by atoms with E-state index in [1.807, 2.05) is 0 Å². The number of carboxylic acid groups (broad SMARTS) is 1. The molecule has 19 heavy (non-hydrogen) atoms. The lowest BCUT2D eigenvalue weighted by molar-refractivity contribution is -0.140. The van der Waals surface area contributed by atoms with Gasteiger partial charge in [-0.3, -0.25) is 9.59 Å². The Hall–Kier alpha value is -2.12. The zero-order valence-corrected chi connectivity index (χ0v) is 9.79. The predicted octanol–water partition coefficient (Wildman–Crippen LogP) is 2.18. The van der Waals surface area contributed by atoms with Crippen LogP contribution in [-0.4, -0.2) is 17.5 Å². The van der Waals surface area contributed by atoms with Gasteiger partial charge in [-0.05, 0) is 6.07 Å². The molecule has 0 aliphatic rings. The van der Waals surface area contributed by atoms with Gasteiger partial charge in [0.2, 0.25) is 6.41 Å². The van der Waals surface area contributed by atoms with Gasteiger partial charge in [0.15, 0.2) is 0 Å². The number of aliphatic carboxylic acids is 1. The third-order valence-electron chi connectivity index (χ3n) is 1.76. The van der Waals surface area contributed by atoms with Crippen molar-refractivity contribution in [1.82, 2.24) is 5.32 Å². The minimum atomic E-state index is -4.72. The van der Waals surface area contributed by atoms with E-state index in [1.54, 1.807) is 0 Å². The largest absolute Gasteiger partial charge is 0.481 e. The van der Waals surface area contributed by atoms with Gasteiger partial charge in [-0.25, -0.2) is 4.39 Å². The first-order valence-electron chi connectivity index (χ1n) is 4.91. The van der Waals surface area contributed by atoms with E-state index >= 15 is 0 Å².